The van der Waals surface area contributed by atoms with Crippen molar-refractivity contribution in [2.75, 3.05) is 54.6 Å². The zero-order valence-corrected chi connectivity index (χ0v) is 35.2. The number of pyridine rings is 2. The topological polar surface area (TPSA) is 180 Å². The number of anilines is 2. The van der Waals surface area contributed by atoms with E-state index in [1.54, 1.807) is 49.8 Å². The fraction of sp³-hybridized carbons (Fsp3) is 0.477. The van der Waals surface area contributed by atoms with Crippen LogP contribution in [0.15, 0.2) is 67.3 Å². The molecule has 4 aromatic rings. The van der Waals surface area contributed by atoms with E-state index < -0.39 is 15.8 Å². The van der Waals surface area contributed by atoms with Gasteiger partial charge in [0.2, 0.25) is 33.7 Å². The summed E-state index contributed by atoms with van der Waals surface area (Å²) in [6.07, 6.45) is 12.0. The van der Waals surface area contributed by atoms with Crippen molar-refractivity contribution in [2.24, 2.45) is 11.8 Å². The normalized spacial score (nSPS) is 19.8. The van der Waals surface area contributed by atoms with Gasteiger partial charge in [0, 0.05) is 99.0 Å². The summed E-state index contributed by atoms with van der Waals surface area (Å²) in [5.74, 6) is -0.831. The Labute approximate surface area is 355 Å². The average molecular weight is 854 g/mol. The molecule has 4 saturated heterocycles. The Balaban J connectivity index is 0.835. The van der Waals surface area contributed by atoms with Crippen molar-refractivity contribution >= 4 is 45.2 Å². The zero-order chi connectivity index (χ0) is 42.7. The molecular formula is C44H52FN9O6S. The van der Waals surface area contributed by atoms with Crippen LogP contribution in [-0.2, 0) is 29.2 Å². The molecule has 3 aromatic heterocycles. The van der Waals surface area contributed by atoms with Crippen LogP contribution in [0, 0.1) is 17.7 Å². The molecule has 0 bridgehead atoms. The number of piperidine rings is 4. The molecule has 0 radical (unpaired) electrons. The Morgan fingerprint density at radius 3 is 2.11 bits per heavy atom. The maximum absolute atomic E-state index is 16.0. The van der Waals surface area contributed by atoms with E-state index in [2.05, 4.69) is 24.9 Å². The van der Waals surface area contributed by atoms with Crippen LogP contribution in [0.3, 0.4) is 0 Å². The third kappa shape index (κ3) is 9.31. The highest BCUT2D eigenvalue weighted by atomic mass is 32.2. The first kappa shape index (κ1) is 42.0. The monoisotopic (exact) mass is 853 g/mol. The molecule has 1 aromatic carbocycles. The number of rotatable bonds is 11. The van der Waals surface area contributed by atoms with Gasteiger partial charge in [-0.1, -0.05) is 25.1 Å². The molecule has 7 heterocycles. The van der Waals surface area contributed by atoms with Gasteiger partial charge in [-0.15, -0.1) is 0 Å². The Bertz CT molecular complexity index is 2350. The predicted molar refractivity (Wildman–Crippen MR) is 227 cm³/mol. The zero-order valence-electron chi connectivity index (χ0n) is 34.3. The standard InChI is InChI=1S/C44H52FN9O6S/c1-2-26-61(59,60)50-37-5-3-4-35(40(37)45)36-28-54(49-41(36)29-10-18-46-19-11-29)33-16-24-53(25-17-33)44(58)31-14-22-52(23-15-31)43(57)30-12-20-51(21-13-30)38-8-6-32(27-47-38)34-7-9-39(55)48-42(34)56/h3-6,8,10-11,18-19,27-28,30-31,33-34,50H,2,7,9,12-17,20-26H2,1H3,(H,48,55,56)/t34-/m0/s1. The number of hydrogen-bond acceptors (Lipinski definition) is 10. The van der Waals surface area contributed by atoms with Gasteiger partial charge in [0.05, 0.1) is 23.4 Å². The predicted octanol–water partition coefficient (Wildman–Crippen LogP) is 5.14. The number of likely N-dealkylation sites (tertiary alicyclic amines) is 2. The summed E-state index contributed by atoms with van der Waals surface area (Å²) in [6, 6.07) is 12.0. The molecule has 61 heavy (non-hydrogen) atoms. The highest BCUT2D eigenvalue weighted by molar-refractivity contribution is 7.92. The quantitative estimate of drug-likeness (QED) is 0.192. The van der Waals surface area contributed by atoms with Gasteiger partial charge in [-0.25, -0.2) is 17.8 Å². The molecule has 4 amide bonds. The van der Waals surface area contributed by atoms with E-state index in [9.17, 15) is 27.6 Å². The summed E-state index contributed by atoms with van der Waals surface area (Å²) >= 11 is 0. The van der Waals surface area contributed by atoms with E-state index in [1.807, 2.05) is 32.8 Å². The lowest BCUT2D eigenvalue weighted by atomic mass is 9.90. The maximum atomic E-state index is 16.0. The maximum Gasteiger partial charge on any atom is 0.234 e. The largest absolute Gasteiger partial charge is 0.357 e. The lowest BCUT2D eigenvalue weighted by Crippen LogP contribution is -2.49. The van der Waals surface area contributed by atoms with E-state index >= 15 is 4.39 Å². The average Bonchev–Trinajstić information content (AvgIpc) is 3.72. The van der Waals surface area contributed by atoms with Crippen molar-refractivity contribution in [1.29, 1.82) is 0 Å². The van der Waals surface area contributed by atoms with E-state index in [0.29, 0.717) is 108 Å². The van der Waals surface area contributed by atoms with Crippen molar-refractivity contribution in [3.8, 4) is 22.4 Å². The van der Waals surface area contributed by atoms with Crippen LogP contribution in [0.1, 0.15) is 82.2 Å². The highest BCUT2D eigenvalue weighted by Gasteiger charge is 2.36. The van der Waals surface area contributed by atoms with Crippen LogP contribution in [0.5, 0.6) is 0 Å². The fourth-order valence-electron chi connectivity index (χ4n) is 9.18. The van der Waals surface area contributed by atoms with E-state index in [-0.39, 0.29) is 64.4 Å². The Hall–Kier alpha value is -5.71. The van der Waals surface area contributed by atoms with Gasteiger partial charge >= 0.3 is 0 Å². The van der Waals surface area contributed by atoms with Crippen LogP contribution in [0.4, 0.5) is 15.9 Å². The van der Waals surface area contributed by atoms with Gasteiger partial charge in [0.1, 0.15) is 11.5 Å². The number of carbonyl (C=O) groups excluding carboxylic acids is 4. The van der Waals surface area contributed by atoms with Crippen molar-refractivity contribution in [2.45, 2.75) is 76.7 Å². The number of hydrogen-bond donors (Lipinski definition) is 2. The minimum Gasteiger partial charge on any atom is -0.357 e. The lowest BCUT2D eigenvalue weighted by molar-refractivity contribution is -0.143. The molecule has 0 spiro atoms. The van der Waals surface area contributed by atoms with Crippen LogP contribution in [0.2, 0.25) is 0 Å². The Morgan fingerprint density at radius 1 is 0.836 bits per heavy atom. The number of benzene rings is 1. The van der Waals surface area contributed by atoms with Gasteiger partial charge in [0.15, 0.2) is 5.82 Å². The second-order valence-electron chi connectivity index (χ2n) is 16.6. The van der Waals surface area contributed by atoms with Crippen molar-refractivity contribution in [1.82, 2.24) is 34.9 Å². The second-order valence-corrected chi connectivity index (χ2v) is 18.4. The number of aromatic nitrogens is 4. The first-order chi connectivity index (χ1) is 29.5. The summed E-state index contributed by atoms with van der Waals surface area (Å²) < 4.78 is 45.3. The van der Waals surface area contributed by atoms with Gasteiger partial charge in [0.25, 0.3) is 0 Å². The fourth-order valence-corrected chi connectivity index (χ4v) is 10.3. The molecular weight excluding hydrogens is 802 g/mol. The first-order valence-electron chi connectivity index (χ1n) is 21.4. The van der Waals surface area contributed by atoms with Gasteiger partial charge in [-0.2, -0.15) is 5.10 Å². The minimum absolute atomic E-state index is 0.0356. The smallest absolute Gasteiger partial charge is 0.234 e. The minimum atomic E-state index is -3.71. The third-order valence-corrected chi connectivity index (χ3v) is 14.1. The molecule has 2 N–H and O–H groups in total. The number of nitrogens with one attached hydrogen (secondary N) is 2. The summed E-state index contributed by atoms with van der Waals surface area (Å²) in [5.41, 5.74) is 2.73. The lowest BCUT2D eigenvalue weighted by Gasteiger charge is -2.39. The van der Waals surface area contributed by atoms with Crippen molar-refractivity contribution in [3.63, 3.8) is 0 Å². The Kier molecular flexibility index (Phi) is 12.5. The molecule has 4 fully saturated rings. The van der Waals surface area contributed by atoms with Crippen LogP contribution < -0.4 is 14.9 Å². The SMILES string of the molecule is CCCS(=O)(=O)Nc1cccc(-c2cn(C3CCN(C(=O)C4CCN(C(=O)C5CCN(c6ccc([C@@H]7CCC(=O)NC7=O)cn6)CC5)CC4)CC3)nc2-c2ccncc2)c1F. The van der Waals surface area contributed by atoms with E-state index in [0.717, 1.165) is 16.9 Å². The molecule has 0 aliphatic carbocycles. The third-order valence-electron chi connectivity index (χ3n) is 12.6. The molecule has 0 saturated carbocycles. The molecule has 4 aliphatic rings. The summed E-state index contributed by atoms with van der Waals surface area (Å²) in [7, 11) is -3.71. The summed E-state index contributed by atoms with van der Waals surface area (Å²) in [5, 5.41) is 7.34. The number of carbonyl (C=O) groups is 4. The highest BCUT2D eigenvalue weighted by Crippen LogP contribution is 2.38. The van der Waals surface area contributed by atoms with Crippen LogP contribution in [0.25, 0.3) is 22.4 Å². The van der Waals surface area contributed by atoms with Gasteiger partial charge < -0.3 is 14.7 Å². The van der Waals surface area contributed by atoms with E-state index in [1.165, 1.54) is 6.07 Å². The van der Waals surface area contributed by atoms with Crippen molar-refractivity contribution in [3.05, 3.63) is 78.6 Å². The van der Waals surface area contributed by atoms with Crippen LogP contribution >= 0.6 is 0 Å². The van der Waals surface area contributed by atoms with Crippen molar-refractivity contribution < 1.29 is 32.0 Å². The van der Waals surface area contributed by atoms with Gasteiger partial charge in [-0.3, -0.25) is 38.9 Å². The first-order valence-corrected chi connectivity index (χ1v) is 23.0. The molecule has 8 rings (SSSR count). The summed E-state index contributed by atoms with van der Waals surface area (Å²) in [6.45, 7) is 5.37. The van der Waals surface area contributed by atoms with Crippen LogP contribution in [-0.4, -0.2) is 107 Å². The number of nitrogens with zero attached hydrogens (tertiary/aromatic N) is 7. The second kappa shape index (κ2) is 18.1. The summed E-state index contributed by atoms with van der Waals surface area (Å²) in [4.78, 5) is 66.0. The van der Waals surface area contributed by atoms with Gasteiger partial charge in [-0.05, 0) is 81.2 Å². The number of amides is 4. The molecule has 15 nitrogen and oxygen atoms in total. The Morgan fingerprint density at radius 2 is 1.49 bits per heavy atom. The molecule has 4 aliphatic heterocycles. The molecule has 322 valence electrons. The van der Waals surface area contributed by atoms with E-state index in [4.69, 9.17) is 5.10 Å². The number of halogens is 1. The number of imide groups is 1. The number of sulfonamides is 1. The molecule has 17 heteroatoms. The molecule has 1 atom stereocenters. The molecule has 0 unspecified atom stereocenters.